The predicted octanol–water partition coefficient (Wildman–Crippen LogP) is 1.65. The zero-order valence-electron chi connectivity index (χ0n) is 18.1. The monoisotopic (exact) mass is 433 g/mol. The van der Waals surface area contributed by atoms with Crippen LogP contribution in [-0.4, -0.2) is 29.6 Å². The molecule has 8 heteroatoms. The lowest BCUT2D eigenvalue weighted by Crippen LogP contribution is -2.34. The van der Waals surface area contributed by atoms with E-state index < -0.39 is 5.41 Å². The molecular weight excluding hydrogens is 406 g/mol. The Hall–Kier alpha value is -3.52. The molecule has 1 aliphatic carbocycles. The van der Waals surface area contributed by atoms with E-state index in [1.807, 2.05) is 12.1 Å². The van der Waals surface area contributed by atoms with Crippen molar-refractivity contribution >= 4 is 12.8 Å². The molecule has 0 aliphatic heterocycles. The first-order valence-corrected chi connectivity index (χ1v) is 10.7. The summed E-state index contributed by atoms with van der Waals surface area (Å²) < 4.78 is 6.04. The Bertz CT molecular complexity index is 1060. The van der Waals surface area contributed by atoms with E-state index in [-0.39, 0.29) is 0 Å². The number of nitrogens with zero attached hydrogens (tertiary/aromatic N) is 2. The molecule has 0 atom stereocenters. The first kappa shape index (κ1) is 21.7. The molecule has 2 aromatic carbocycles. The van der Waals surface area contributed by atoms with Crippen LogP contribution >= 0.6 is 0 Å². The lowest BCUT2D eigenvalue weighted by molar-refractivity contribution is -0.110. The van der Waals surface area contributed by atoms with Gasteiger partial charge in [0.1, 0.15) is 5.41 Å². The molecule has 1 aromatic heterocycles. The van der Waals surface area contributed by atoms with Gasteiger partial charge in [0.25, 0.3) is 0 Å². The minimum atomic E-state index is -0.676. The van der Waals surface area contributed by atoms with Gasteiger partial charge < -0.3 is 20.8 Å². The van der Waals surface area contributed by atoms with Crippen LogP contribution < -0.4 is 16.4 Å². The Balaban J connectivity index is 1.93. The van der Waals surface area contributed by atoms with E-state index in [2.05, 4.69) is 45.1 Å². The number of hydrogen-bond donors (Lipinski definition) is 3. The van der Waals surface area contributed by atoms with Crippen LogP contribution in [0.25, 0.3) is 0 Å². The van der Waals surface area contributed by atoms with Crippen LogP contribution in [-0.2, 0) is 40.9 Å². The summed E-state index contributed by atoms with van der Waals surface area (Å²) in [6.07, 6.45) is 3.65. The van der Waals surface area contributed by atoms with Crippen LogP contribution in [0.3, 0.4) is 0 Å². The topological polar surface area (TPSA) is 123 Å². The number of aryl methyl sites for hydroxylation is 3. The molecule has 1 aliphatic rings. The molecule has 0 radical (unpaired) electrons. The van der Waals surface area contributed by atoms with Crippen molar-refractivity contribution in [2.75, 3.05) is 6.54 Å². The fourth-order valence-electron chi connectivity index (χ4n) is 4.79. The molecule has 0 unspecified atom stereocenters. The Labute approximate surface area is 186 Å². The van der Waals surface area contributed by atoms with Gasteiger partial charge in [-0.3, -0.25) is 9.59 Å². The van der Waals surface area contributed by atoms with Crippen molar-refractivity contribution in [3.63, 3.8) is 0 Å². The summed E-state index contributed by atoms with van der Waals surface area (Å²) in [5.74, 6) is 1.03. The maximum atomic E-state index is 10.8. The highest BCUT2D eigenvalue weighted by Gasteiger charge is 2.44. The quantitative estimate of drug-likeness (QED) is 0.441. The standard InChI is InChI=1S/C24H27N5O3/c1-16-28-29-23(32-16)24(8-9-25)21-6-2-17(12-26-14-30)10-19(21)4-5-20-11-18(13-27-15-31)3-7-22(20)24/h2-3,6-7,10-11,14-15H,4-5,8-9,12-13,25H2,1H3,(H,26,30)(H,27,31). The molecule has 1 heterocycles. The molecule has 0 saturated carbocycles. The molecule has 32 heavy (non-hydrogen) atoms. The summed E-state index contributed by atoms with van der Waals surface area (Å²) in [6, 6.07) is 12.5. The number of benzene rings is 2. The summed E-state index contributed by atoms with van der Waals surface area (Å²) in [6.45, 7) is 3.15. The first-order valence-electron chi connectivity index (χ1n) is 10.7. The van der Waals surface area contributed by atoms with Crippen molar-refractivity contribution in [3.8, 4) is 0 Å². The number of carbonyl (C=O) groups excluding carboxylic acids is 2. The fraction of sp³-hybridized carbons (Fsp3) is 0.333. The van der Waals surface area contributed by atoms with Crippen LogP contribution in [0, 0.1) is 6.92 Å². The highest BCUT2D eigenvalue weighted by molar-refractivity contribution is 5.56. The molecule has 8 nitrogen and oxygen atoms in total. The lowest BCUT2D eigenvalue weighted by atomic mass is 9.69. The molecule has 4 rings (SSSR count). The number of amides is 2. The van der Waals surface area contributed by atoms with Gasteiger partial charge in [0.05, 0.1) is 0 Å². The minimum absolute atomic E-state index is 0.434. The number of fused-ring (bicyclic) bond motifs is 2. The maximum absolute atomic E-state index is 10.8. The predicted molar refractivity (Wildman–Crippen MR) is 119 cm³/mol. The van der Waals surface area contributed by atoms with Gasteiger partial charge in [0, 0.05) is 20.0 Å². The van der Waals surface area contributed by atoms with E-state index in [9.17, 15) is 9.59 Å². The Morgan fingerprint density at radius 3 is 1.97 bits per heavy atom. The second kappa shape index (κ2) is 9.32. The molecule has 0 saturated heterocycles. The molecule has 0 fully saturated rings. The highest BCUT2D eigenvalue weighted by atomic mass is 16.4. The molecular formula is C24H27N5O3. The second-order valence-corrected chi connectivity index (χ2v) is 8.05. The second-order valence-electron chi connectivity index (χ2n) is 8.05. The van der Waals surface area contributed by atoms with E-state index in [0.717, 1.165) is 35.1 Å². The normalized spacial score (nSPS) is 14.1. The van der Waals surface area contributed by atoms with Gasteiger partial charge in [0.2, 0.25) is 24.6 Å². The zero-order chi connectivity index (χ0) is 22.6. The van der Waals surface area contributed by atoms with E-state index in [0.29, 0.717) is 50.7 Å². The Morgan fingerprint density at radius 2 is 1.53 bits per heavy atom. The summed E-state index contributed by atoms with van der Waals surface area (Å²) in [7, 11) is 0. The summed E-state index contributed by atoms with van der Waals surface area (Å²) >= 11 is 0. The van der Waals surface area contributed by atoms with E-state index in [1.54, 1.807) is 6.92 Å². The number of hydrogen-bond acceptors (Lipinski definition) is 6. The first-order chi connectivity index (χ1) is 15.6. The van der Waals surface area contributed by atoms with Gasteiger partial charge in [-0.05, 0) is 59.2 Å². The van der Waals surface area contributed by atoms with Crippen molar-refractivity contribution in [2.45, 2.75) is 44.7 Å². The average molecular weight is 434 g/mol. The van der Waals surface area contributed by atoms with Crippen LogP contribution in [0.4, 0.5) is 0 Å². The molecule has 0 spiro atoms. The SMILES string of the molecule is Cc1nnc(C2(CCN)c3ccc(CNC=O)cc3CCc3cc(CNC=O)ccc32)o1. The molecule has 2 amide bonds. The smallest absolute Gasteiger partial charge is 0.231 e. The third kappa shape index (κ3) is 3.89. The Kier molecular flexibility index (Phi) is 6.32. The van der Waals surface area contributed by atoms with Gasteiger partial charge in [-0.1, -0.05) is 36.4 Å². The number of rotatable bonds is 9. The molecule has 3 aromatic rings. The van der Waals surface area contributed by atoms with E-state index in [1.165, 1.54) is 11.1 Å². The van der Waals surface area contributed by atoms with Crippen molar-refractivity contribution in [1.29, 1.82) is 0 Å². The van der Waals surface area contributed by atoms with Gasteiger partial charge in [-0.15, -0.1) is 10.2 Å². The van der Waals surface area contributed by atoms with Gasteiger partial charge in [-0.2, -0.15) is 0 Å². The van der Waals surface area contributed by atoms with Crippen molar-refractivity contribution in [1.82, 2.24) is 20.8 Å². The highest BCUT2D eigenvalue weighted by Crippen LogP contribution is 2.46. The molecule has 0 bridgehead atoms. The fourth-order valence-corrected chi connectivity index (χ4v) is 4.79. The summed E-state index contributed by atoms with van der Waals surface area (Å²) in [5.41, 5.74) is 12.1. The molecule has 166 valence electrons. The molecule has 4 N–H and O–H groups in total. The average Bonchev–Trinajstić information content (AvgIpc) is 3.20. The van der Waals surface area contributed by atoms with Crippen LogP contribution in [0.1, 0.15) is 51.6 Å². The van der Waals surface area contributed by atoms with Gasteiger partial charge in [-0.25, -0.2) is 0 Å². The van der Waals surface area contributed by atoms with Crippen molar-refractivity contribution in [3.05, 3.63) is 81.6 Å². The minimum Gasteiger partial charge on any atom is -0.424 e. The Morgan fingerprint density at radius 1 is 0.969 bits per heavy atom. The van der Waals surface area contributed by atoms with Gasteiger partial charge >= 0.3 is 0 Å². The summed E-state index contributed by atoms with van der Waals surface area (Å²) in [4.78, 5) is 21.5. The third-order valence-corrected chi connectivity index (χ3v) is 6.11. The largest absolute Gasteiger partial charge is 0.424 e. The number of nitrogens with one attached hydrogen (secondary N) is 2. The number of nitrogens with two attached hydrogens (primary N) is 1. The number of carbonyl (C=O) groups is 2. The van der Waals surface area contributed by atoms with Crippen molar-refractivity contribution < 1.29 is 14.0 Å². The summed E-state index contributed by atoms with van der Waals surface area (Å²) in [5, 5.41) is 14.1. The van der Waals surface area contributed by atoms with Crippen LogP contribution in [0.15, 0.2) is 40.8 Å². The van der Waals surface area contributed by atoms with Crippen LogP contribution in [0.2, 0.25) is 0 Å². The van der Waals surface area contributed by atoms with E-state index >= 15 is 0 Å². The number of aromatic nitrogens is 2. The van der Waals surface area contributed by atoms with E-state index in [4.69, 9.17) is 10.2 Å². The van der Waals surface area contributed by atoms with Crippen LogP contribution in [0.5, 0.6) is 0 Å². The zero-order valence-corrected chi connectivity index (χ0v) is 18.1. The van der Waals surface area contributed by atoms with Crippen molar-refractivity contribution in [2.24, 2.45) is 5.73 Å². The van der Waals surface area contributed by atoms with Gasteiger partial charge in [0.15, 0.2) is 0 Å². The lowest BCUT2D eigenvalue weighted by Gasteiger charge is -2.33. The maximum Gasteiger partial charge on any atom is 0.231 e. The third-order valence-electron chi connectivity index (χ3n) is 6.11.